The van der Waals surface area contributed by atoms with E-state index < -0.39 is 0 Å². The van der Waals surface area contributed by atoms with E-state index in [4.69, 9.17) is 17.3 Å². The van der Waals surface area contributed by atoms with Crippen LogP contribution in [0.2, 0.25) is 5.02 Å². The van der Waals surface area contributed by atoms with Crippen molar-refractivity contribution in [2.45, 2.75) is 51.0 Å². The van der Waals surface area contributed by atoms with Crippen LogP contribution in [-0.4, -0.2) is 6.04 Å². The van der Waals surface area contributed by atoms with Crippen molar-refractivity contribution in [1.29, 1.82) is 0 Å². The lowest BCUT2D eigenvalue weighted by Crippen LogP contribution is -2.32. The fourth-order valence-electron chi connectivity index (χ4n) is 2.95. The molecular formula is C15H22ClN. The van der Waals surface area contributed by atoms with E-state index in [0.717, 1.165) is 17.4 Å². The number of nitrogens with two attached hydrogens (primary N) is 1. The van der Waals surface area contributed by atoms with E-state index in [2.05, 4.69) is 19.1 Å². The van der Waals surface area contributed by atoms with Crippen LogP contribution in [0.25, 0.3) is 0 Å². The third-order valence-corrected chi connectivity index (χ3v) is 4.44. The Morgan fingerprint density at radius 3 is 2.29 bits per heavy atom. The molecule has 1 aliphatic carbocycles. The molecule has 0 heterocycles. The molecule has 0 amide bonds. The summed E-state index contributed by atoms with van der Waals surface area (Å²) in [5.41, 5.74) is 7.58. The lowest BCUT2D eigenvalue weighted by Gasteiger charge is -2.32. The van der Waals surface area contributed by atoms with Crippen LogP contribution in [0.15, 0.2) is 24.3 Å². The van der Waals surface area contributed by atoms with Crippen LogP contribution >= 0.6 is 11.6 Å². The second-order valence-electron chi connectivity index (χ2n) is 5.24. The average molecular weight is 252 g/mol. The van der Waals surface area contributed by atoms with Gasteiger partial charge in [0.1, 0.15) is 0 Å². The quantitative estimate of drug-likeness (QED) is 0.849. The van der Waals surface area contributed by atoms with Crippen LogP contribution in [0.3, 0.4) is 0 Å². The number of rotatable bonds is 3. The van der Waals surface area contributed by atoms with Crippen molar-refractivity contribution in [1.82, 2.24) is 0 Å². The molecule has 1 aromatic carbocycles. The van der Waals surface area contributed by atoms with Gasteiger partial charge in [0.05, 0.1) is 0 Å². The Morgan fingerprint density at radius 2 is 1.76 bits per heavy atom. The summed E-state index contributed by atoms with van der Waals surface area (Å²) in [7, 11) is 0. The third-order valence-electron chi connectivity index (χ3n) is 4.19. The minimum Gasteiger partial charge on any atom is -0.327 e. The highest BCUT2D eigenvalue weighted by Gasteiger charge is 2.25. The Bertz CT molecular complexity index is 338. The number of benzene rings is 1. The van der Waals surface area contributed by atoms with Crippen molar-refractivity contribution in [3.63, 3.8) is 0 Å². The summed E-state index contributed by atoms with van der Waals surface area (Å²) in [5, 5.41) is 0.829. The van der Waals surface area contributed by atoms with Gasteiger partial charge in [-0.2, -0.15) is 0 Å². The third kappa shape index (κ3) is 3.23. The van der Waals surface area contributed by atoms with E-state index in [-0.39, 0.29) is 0 Å². The first-order valence-electron chi connectivity index (χ1n) is 6.71. The van der Waals surface area contributed by atoms with Crippen LogP contribution in [0, 0.1) is 5.92 Å². The van der Waals surface area contributed by atoms with Gasteiger partial charge in [0.25, 0.3) is 0 Å². The zero-order valence-corrected chi connectivity index (χ0v) is 11.3. The van der Waals surface area contributed by atoms with Crippen molar-refractivity contribution < 1.29 is 0 Å². The molecule has 0 spiro atoms. The Labute approximate surface area is 109 Å². The van der Waals surface area contributed by atoms with Gasteiger partial charge in [-0.1, -0.05) is 30.7 Å². The molecule has 1 aromatic rings. The molecule has 1 aliphatic rings. The van der Waals surface area contributed by atoms with Crippen molar-refractivity contribution in [3.05, 3.63) is 34.9 Å². The van der Waals surface area contributed by atoms with Gasteiger partial charge in [0.15, 0.2) is 0 Å². The Morgan fingerprint density at radius 1 is 1.18 bits per heavy atom. The van der Waals surface area contributed by atoms with Crippen molar-refractivity contribution in [2.24, 2.45) is 11.7 Å². The molecule has 1 nitrogen and oxygen atoms in total. The second-order valence-corrected chi connectivity index (χ2v) is 5.67. The number of halogens is 1. The highest BCUT2D eigenvalue weighted by molar-refractivity contribution is 6.30. The molecule has 2 rings (SSSR count). The second kappa shape index (κ2) is 5.88. The van der Waals surface area contributed by atoms with Crippen LogP contribution < -0.4 is 5.73 Å². The summed E-state index contributed by atoms with van der Waals surface area (Å²) in [4.78, 5) is 0. The number of hydrogen-bond donors (Lipinski definition) is 1. The monoisotopic (exact) mass is 251 g/mol. The summed E-state index contributed by atoms with van der Waals surface area (Å²) in [6, 6.07) is 8.75. The zero-order valence-electron chi connectivity index (χ0n) is 10.5. The largest absolute Gasteiger partial charge is 0.327 e. The molecule has 17 heavy (non-hydrogen) atoms. The SMILES string of the molecule is CCC(N)C1CCC(c2ccc(Cl)cc2)CC1. The first-order chi connectivity index (χ1) is 8.20. The molecule has 0 saturated heterocycles. The Kier molecular flexibility index (Phi) is 4.47. The molecule has 0 radical (unpaired) electrons. The summed E-state index contributed by atoms with van der Waals surface area (Å²) < 4.78 is 0. The molecule has 1 fully saturated rings. The van der Waals surface area contributed by atoms with Crippen LogP contribution in [0.5, 0.6) is 0 Å². The molecule has 1 saturated carbocycles. The molecule has 94 valence electrons. The smallest absolute Gasteiger partial charge is 0.0406 e. The number of hydrogen-bond acceptors (Lipinski definition) is 1. The van der Waals surface area contributed by atoms with Crippen molar-refractivity contribution in [3.8, 4) is 0 Å². The molecule has 0 aromatic heterocycles. The van der Waals surface area contributed by atoms with Gasteiger partial charge < -0.3 is 5.73 Å². The topological polar surface area (TPSA) is 26.0 Å². The van der Waals surface area contributed by atoms with Crippen LogP contribution in [0.1, 0.15) is 50.5 Å². The lowest BCUT2D eigenvalue weighted by molar-refractivity contribution is 0.277. The van der Waals surface area contributed by atoms with Gasteiger partial charge in [0, 0.05) is 11.1 Å². The summed E-state index contributed by atoms with van der Waals surface area (Å²) in [6.07, 6.45) is 6.22. The molecule has 1 unspecified atom stereocenters. The van der Waals surface area contributed by atoms with E-state index in [1.165, 1.54) is 31.2 Å². The average Bonchev–Trinajstić information content (AvgIpc) is 2.39. The first-order valence-corrected chi connectivity index (χ1v) is 7.09. The summed E-state index contributed by atoms with van der Waals surface area (Å²) in [6.45, 7) is 2.19. The molecule has 2 heteroatoms. The van der Waals surface area contributed by atoms with Gasteiger partial charge in [-0.3, -0.25) is 0 Å². The Balaban J connectivity index is 1.93. The molecule has 1 atom stereocenters. The minimum absolute atomic E-state index is 0.404. The minimum atomic E-state index is 0.404. The highest BCUT2D eigenvalue weighted by Crippen LogP contribution is 2.37. The maximum Gasteiger partial charge on any atom is 0.0406 e. The van der Waals surface area contributed by atoms with Gasteiger partial charge in [-0.15, -0.1) is 0 Å². The molecule has 0 bridgehead atoms. The fourth-order valence-corrected chi connectivity index (χ4v) is 3.07. The maximum absolute atomic E-state index is 6.13. The normalized spacial score (nSPS) is 26.8. The molecular weight excluding hydrogens is 230 g/mol. The van der Waals surface area contributed by atoms with E-state index >= 15 is 0 Å². The summed E-state index contributed by atoms with van der Waals surface area (Å²) in [5.74, 6) is 1.45. The van der Waals surface area contributed by atoms with Gasteiger partial charge in [-0.25, -0.2) is 0 Å². The van der Waals surface area contributed by atoms with Gasteiger partial charge in [-0.05, 0) is 61.6 Å². The fraction of sp³-hybridized carbons (Fsp3) is 0.600. The predicted molar refractivity (Wildman–Crippen MR) is 74.4 cm³/mol. The highest BCUT2D eigenvalue weighted by atomic mass is 35.5. The molecule has 2 N–H and O–H groups in total. The van der Waals surface area contributed by atoms with Crippen LogP contribution in [0.4, 0.5) is 0 Å². The van der Waals surface area contributed by atoms with Crippen LogP contribution in [-0.2, 0) is 0 Å². The molecule has 0 aliphatic heterocycles. The summed E-state index contributed by atoms with van der Waals surface area (Å²) >= 11 is 5.92. The van der Waals surface area contributed by atoms with E-state index in [9.17, 15) is 0 Å². The van der Waals surface area contributed by atoms with Crippen molar-refractivity contribution in [2.75, 3.05) is 0 Å². The van der Waals surface area contributed by atoms with Gasteiger partial charge >= 0.3 is 0 Å². The van der Waals surface area contributed by atoms with E-state index in [0.29, 0.717) is 12.0 Å². The Hall–Kier alpha value is -0.530. The van der Waals surface area contributed by atoms with E-state index in [1.54, 1.807) is 0 Å². The lowest BCUT2D eigenvalue weighted by atomic mass is 9.76. The first kappa shape index (κ1) is 12.9. The van der Waals surface area contributed by atoms with Crippen molar-refractivity contribution >= 4 is 11.6 Å². The predicted octanol–water partition coefficient (Wildman–Crippen LogP) is 4.35. The standard InChI is InChI=1S/C15H22ClN/c1-2-15(17)13-5-3-11(4-6-13)12-7-9-14(16)10-8-12/h7-11,13,15H,2-6,17H2,1H3. The maximum atomic E-state index is 6.13. The van der Waals surface area contributed by atoms with E-state index in [1.807, 2.05) is 12.1 Å². The zero-order chi connectivity index (χ0) is 12.3. The van der Waals surface area contributed by atoms with Gasteiger partial charge in [0.2, 0.25) is 0 Å².